The molecule has 0 saturated carbocycles. The zero-order chi connectivity index (χ0) is 19.4. The monoisotopic (exact) mass is 384 g/mol. The number of benzene rings is 2. The maximum absolute atomic E-state index is 12.8. The van der Waals surface area contributed by atoms with Crippen molar-refractivity contribution in [1.29, 1.82) is 0 Å². The van der Waals surface area contributed by atoms with Crippen molar-refractivity contribution >= 4 is 23.4 Å². The second-order valence-electron chi connectivity index (χ2n) is 6.23. The zero-order valence-corrected chi connectivity index (χ0v) is 16.3. The predicted octanol–water partition coefficient (Wildman–Crippen LogP) is 3.37. The Labute approximate surface area is 161 Å². The number of aromatic amines is 1. The number of aryl methyl sites for hydroxylation is 2. The molecule has 0 aliphatic rings. The summed E-state index contributed by atoms with van der Waals surface area (Å²) in [4.78, 5) is 25.0. The fourth-order valence-electron chi connectivity index (χ4n) is 2.78. The highest BCUT2D eigenvalue weighted by molar-refractivity contribution is 8.00. The van der Waals surface area contributed by atoms with Crippen molar-refractivity contribution in [2.45, 2.75) is 37.5 Å². The van der Waals surface area contributed by atoms with Gasteiger partial charge in [-0.2, -0.15) is 0 Å². The number of hydrogen-bond donors (Lipinski definition) is 2. The normalized spacial score (nSPS) is 12.0. The van der Waals surface area contributed by atoms with Crippen LogP contribution >= 0.6 is 11.8 Å². The topological polar surface area (TPSA) is 79.0 Å². The summed E-state index contributed by atoms with van der Waals surface area (Å²) in [6.45, 7) is 5.84. The molecule has 1 amide bonds. The van der Waals surface area contributed by atoms with Crippen molar-refractivity contribution < 1.29 is 14.0 Å². The molecule has 0 saturated heterocycles. The fraction of sp³-hybridized carbons (Fsp3) is 0.250. The predicted molar refractivity (Wildman–Crippen MR) is 105 cm³/mol. The fourth-order valence-corrected chi connectivity index (χ4v) is 3.77. The van der Waals surface area contributed by atoms with Gasteiger partial charge in [0.2, 0.25) is 11.6 Å². The van der Waals surface area contributed by atoms with Gasteiger partial charge < -0.3 is 5.32 Å². The smallest absolute Gasteiger partial charge is 0.325 e. The van der Waals surface area contributed by atoms with Crippen LogP contribution in [0.3, 0.4) is 0 Å². The van der Waals surface area contributed by atoms with E-state index < -0.39 is 10.9 Å². The first-order chi connectivity index (χ1) is 13.0. The Morgan fingerprint density at radius 2 is 1.81 bits per heavy atom. The molecule has 0 spiro atoms. The molecule has 7 heteroatoms. The lowest BCUT2D eigenvalue weighted by Crippen LogP contribution is -2.37. The third-order valence-corrected chi connectivity index (χ3v) is 5.67. The van der Waals surface area contributed by atoms with Crippen LogP contribution in [0.1, 0.15) is 24.5 Å². The minimum atomic E-state index is -0.498. The highest BCUT2D eigenvalue weighted by atomic mass is 32.2. The van der Waals surface area contributed by atoms with E-state index in [4.69, 9.17) is 4.52 Å². The molecule has 3 rings (SSSR count). The van der Waals surface area contributed by atoms with E-state index in [-0.39, 0.29) is 5.91 Å². The average molecular weight is 384 g/mol. The zero-order valence-electron chi connectivity index (χ0n) is 15.5. The molecule has 0 aliphatic heterocycles. The molecule has 1 atom stereocenters. The number of nitrogens with one attached hydrogen (secondary N) is 2. The Bertz CT molecular complexity index is 975. The van der Waals surface area contributed by atoms with E-state index in [0.29, 0.717) is 11.4 Å². The van der Waals surface area contributed by atoms with Gasteiger partial charge in [-0.25, -0.2) is 4.79 Å². The van der Waals surface area contributed by atoms with Gasteiger partial charge in [0.05, 0.1) is 5.25 Å². The second kappa shape index (κ2) is 8.26. The van der Waals surface area contributed by atoms with Crippen LogP contribution in [-0.4, -0.2) is 16.4 Å². The van der Waals surface area contributed by atoms with Crippen LogP contribution in [0, 0.1) is 13.8 Å². The van der Waals surface area contributed by atoms with Gasteiger partial charge in [0, 0.05) is 17.8 Å². The number of aromatic nitrogens is 2. The summed E-state index contributed by atoms with van der Waals surface area (Å²) >= 11 is 1.20. The summed E-state index contributed by atoms with van der Waals surface area (Å²) in [5.41, 5.74) is 3.09. The molecule has 3 aromatic rings. The molecule has 140 valence electrons. The van der Waals surface area contributed by atoms with E-state index >= 15 is 0 Å². The van der Waals surface area contributed by atoms with E-state index in [1.54, 1.807) is 4.68 Å². The van der Waals surface area contributed by atoms with E-state index in [0.717, 1.165) is 22.5 Å². The highest BCUT2D eigenvalue weighted by Gasteiger charge is 2.30. The Hall–Kier alpha value is -2.80. The van der Waals surface area contributed by atoms with Gasteiger partial charge in [-0.1, -0.05) is 43.3 Å². The lowest BCUT2D eigenvalue weighted by molar-refractivity contribution is -0.704. The van der Waals surface area contributed by atoms with Crippen molar-refractivity contribution in [3.63, 3.8) is 0 Å². The molecule has 1 heterocycles. The number of nitrogens with zero attached hydrogens (tertiary/aromatic N) is 1. The molecule has 0 bridgehead atoms. The number of amides is 1. The molecule has 27 heavy (non-hydrogen) atoms. The minimum Gasteiger partial charge on any atom is -0.325 e. The number of hydrogen-bond acceptors (Lipinski definition) is 4. The maximum Gasteiger partial charge on any atom is 0.442 e. The van der Waals surface area contributed by atoms with Gasteiger partial charge in [0.25, 0.3) is 0 Å². The van der Waals surface area contributed by atoms with Crippen LogP contribution in [0.4, 0.5) is 5.69 Å². The van der Waals surface area contributed by atoms with Gasteiger partial charge in [0.15, 0.2) is 0 Å². The highest BCUT2D eigenvalue weighted by Crippen LogP contribution is 2.25. The number of thioether (sulfide) groups is 1. The summed E-state index contributed by atoms with van der Waals surface area (Å²) in [5.74, 6) is -0.139. The largest absolute Gasteiger partial charge is 0.442 e. The molecule has 0 fully saturated rings. The van der Waals surface area contributed by atoms with Gasteiger partial charge in [-0.3, -0.25) is 9.32 Å². The summed E-state index contributed by atoms with van der Waals surface area (Å²) in [6, 6.07) is 15.2. The first-order valence-electron chi connectivity index (χ1n) is 8.74. The van der Waals surface area contributed by atoms with Crippen LogP contribution in [0.2, 0.25) is 0 Å². The Balaban J connectivity index is 1.85. The lowest BCUT2D eigenvalue weighted by atomic mass is 10.1. The van der Waals surface area contributed by atoms with Crippen LogP contribution < -0.4 is 15.6 Å². The average Bonchev–Trinajstić information content (AvgIpc) is 3.03. The summed E-state index contributed by atoms with van der Waals surface area (Å²) < 4.78 is 6.52. The lowest BCUT2D eigenvalue weighted by Gasteiger charge is -2.15. The first kappa shape index (κ1) is 19.0. The standard InChI is InChI=1S/C20H21N3O3S/c1-4-16(18(24)21-17-13(2)9-8-10-14(17)3)27-19-20(25)26-22-23(19)15-11-6-5-7-12-15/h5-12,16H,4H2,1-3H3,(H-,21,22,24,25)/p+1. The van der Waals surface area contributed by atoms with Crippen molar-refractivity contribution in [2.24, 2.45) is 0 Å². The molecule has 0 radical (unpaired) electrons. The Morgan fingerprint density at radius 1 is 1.15 bits per heavy atom. The van der Waals surface area contributed by atoms with Gasteiger partial charge in [0.1, 0.15) is 0 Å². The number of rotatable bonds is 6. The molecule has 1 aromatic heterocycles. The molecular formula is C20H22N3O3S+. The summed E-state index contributed by atoms with van der Waals surface area (Å²) in [5, 5.41) is 5.52. The number of carbonyl (C=O) groups excluding carboxylic acids is 1. The van der Waals surface area contributed by atoms with Crippen molar-refractivity contribution in [1.82, 2.24) is 5.27 Å². The number of H-pyrrole nitrogens is 1. The van der Waals surface area contributed by atoms with Gasteiger partial charge in [-0.15, -0.1) is 0 Å². The second-order valence-corrected chi connectivity index (χ2v) is 7.42. The van der Waals surface area contributed by atoms with Crippen LogP contribution in [0.15, 0.2) is 62.9 Å². The van der Waals surface area contributed by atoms with E-state index in [1.807, 2.05) is 69.3 Å². The van der Waals surface area contributed by atoms with Crippen molar-refractivity contribution in [3.05, 3.63) is 70.1 Å². The van der Waals surface area contributed by atoms with E-state index in [2.05, 4.69) is 10.6 Å². The molecule has 6 nitrogen and oxygen atoms in total. The van der Waals surface area contributed by atoms with Gasteiger partial charge in [-0.05, 0) is 53.1 Å². The number of anilines is 1. The third kappa shape index (κ3) is 4.14. The first-order valence-corrected chi connectivity index (χ1v) is 9.62. The van der Waals surface area contributed by atoms with Gasteiger partial charge >= 0.3 is 10.7 Å². The number of para-hydroxylation sites is 2. The Morgan fingerprint density at radius 3 is 2.44 bits per heavy atom. The molecular weight excluding hydrogens is 362 g/mol. The Kier molecular flexibility index (Phi) is 5.81. The molecule has 2 aromatic carbocycles. The summed E-state index contributed by atoms with van der Waals surface area (Å²) in [6.07, 6.45) is 0.570. The third-order valence-electron chi connectivity index (χ3n) is 4.27. The van der Waals surface area contributed by atoms with Crippen LogP contribution in [0.5, 0.6) is 0 Å². The van der Waals surface area contributed by atoms with Crippen LogP contribution in [-0.2, 0) is 4.79 Å². The minimum absolute atomic E-state index is 0.139. The summed E-state index contributed by atoms with van der Waals surface area (Å²) in [7, 11) is 0. The van der Waals surface area contributed by atoms with E-state index in [1.165, 1.54) is 11.8 Å². The quantitative estimate of drug-likeness (QED) is 0.504. The maximum atomic E-state index is 12.8. The van der Waals surface area contributed by atoms with Crippen molar-refractivity contribution in [3.8, 4) is 5.69 Å². The molecule has 2 N–H and O–H groups in total. The molecule has 0 aliphatic carbocycles. The van der Waals surface area contributed by atoms with E-state index in [9.17, 15) is 9.59 Å². The number of carbonyl (C=O) groups is 1. The van der Waals surface area contributed by atoms with Crippen molar-refractivity contribution in [2.75, 3.05) is 5.32 Å². The van der Waals surface area contributed by atoms with Crippen LogP contribution in [0.25, 0.3) is 5.69 Å². The molecule has 1 unspecified atom stereocenters. The SMILES string of the molecule is CCC(Sc1c(=O)o[nH][n+]1-c1ccccc1)C(=O)Nc1c(C)cccc1C.